The second-order valence-electron chi connectivity index (χ2n) is 4.58. The van der Waals surface area contributed by atoms with Crippen LogP contribution in [-0.2, 0) is 16.7 Å². The molecular formula is C15H14N2O3S. The maximum atomic E-state index is 12.0. The highest BCUT2D eigenvalue weighted by molar-refractivity contribution is 7.87. The average Bonchev–Trinajstić information content (AvgIpc) is 2.89. The van der Waals surface area contributed by atoms with E-state index in [0.29, 0.717) is 12.3 Å². The van der Waals surface area contributed by atoms with E-state index in [1.807, 2.05) is 24.3 Å². The number of nitrogens with zero attached hydrogens (tertiary/aromatic N) is 2. The molecule has 0 fully saturated rings. The average molecular weight is 302 g/mol. The smallest absolute Gasteiger partial charge is 0.310 e. The number of fused-ring (bicyclic) bond motifs is 1. The minimum Gasteiger partial charge on any atom is -0.382 e. The van der Waals surface area contributed by atoms with Gasteiger partial charge in [-0.15, -0.1) is 0 Å². The fourth-order valence-electron chi connectivity index (χ4n) is 2.06. The highest BCUT2D eigenvalue weighted by Gasteiger charge is 2.13. The molecule has 0 aliphatic carbocycles. The predicted molar refractivity (Wildman–Crippen MR) is 80.6 cm³/mol. The van der Waals surface area contributed by atoms with Gasteiger partial charge in [0.25, 0.3) is 0 Å². The Morgan fingerprint density at radius 3 is 2.52 bits per heavy atom. The summed E-state index contributed by atoms with van der Waals surface area (Å²) < 4.78 is 30.8. The molecule has 1 aromatic heterocycles. The molecule has 1 heterocycles. The number of benzene rings is 2. The number of aromatic nitrogens is 2. The van der Waals surface area contributed by atoms with Gasteiger partial charge in [0.15, 0.2) is 0 Å². The Morgan fingerprint density at radius 2 is 1.71 bits per heavy atom. The largest absolute Gasteiger partial charge is 0.382 e. The van der Waals surface area contributed by atoms with Crippen LogP contribution in [0.15, 0.2) is 60.9 Å². The minimum absolute atomic E-state index is 0.109. The van der Waals surface area contributed by atoms with Crippen molar-refractivity contribution in [3.63, 3.8) is 0 Å². The lowest BCUT2D eigenvalue weighted by Gasteiger charge is -2.07. The van der Waals surface area contributed by atoms with Crippen LogP contribution >= 0.6 is 0 Å². The van der Waals surface area contributed by atoms with Crippen molar-refractivity contribution in [2.45, 2.75) is 6.54 Å². The summed E-state index contributed by atoms with van der Waals surface area (Å²) in [6.07, 6.45) is 1.64. The molecule has 0 N–H and O–H groups in total. The quantitative estimate of drug-likeness (QED) is 0.679. The highest BCUT2D eigenvalue weighted by atomic mass is 32.2. The summed E-state index contributed by atoms with van der Waals surface area (Å²) in [5.41, 5.74) is 1.76. The Morgan fingerprint density at radius 1 is 1.00 bits per heavy atom. The third-order valence-corrected chi connectivity index (χ3v) is 4.20. The van der Waals surface area contributed by atoms with Crippen LogP contribution in [0, 0.1) is 0 Å². The number of hydrogen-bond donors (Lipinski definition) is 0. The van der Waals surface area contributed by atoms with E-state index in [-0.39, 0.29) is 5.75 Å². The summed E-state index contributed by atoms with van der Waals surface area (Å²) in [7, 11) is -3.63. The molecular weight excluding hydrogens is 288 g/mol. The summed E-state index contributed by atoms with van der Waals surface area (Å²) in [5.74, 6) is 0.218. The van der Waals surface area contributed by atoms with Crippen molar-refractivity contribution >= 4 is 21.2 Å². The van der Waals surface area contributed by atoms with Crippen LogP contribution in [0.1, 0.15) is 0 Å². The molecule has 5 nitrogen and oxygen atoms in total. The molecule has 0 radical (unpaired) electrons. The normalized spacial score (nSPS) is 11.6. The fraction of sp³-hybridized carbons (Fsp3) is 0.133. The monoisotopic (exact) mass is 302 g/mol. The van der Waals surface area contributed by atoms with Gasteiger partial charge in [-0.05, 0) is 24.3 Å². The SMILES string of the molecule is O=S(=O)(CCn1cnc2ccccc21)Oc1ccccc1. The van der Waals surface area contributed by atoms with Gasteiger partial charge in [0.2, 0.25) is 0 Å². The van der Waals surface area contributed by atoms with Crippen LogP contribution in [-0.4, -0.2) is 23.7 Å². The van der Waals surface area contributed by atoms with Crippen molar-refractivity contribution in [3.8, 4) is 5.75 Å². The Kier molecular flexibility index (Phi) is 3.62. The number of rotatable bonds is 5. The van der Waals surface area contributed by atoms with Crippen molar-refractivity contribution < 1.29 is 12.6 Å². The van der Waals surface area contributed by atoms with Gasteiger partial charge in [0.1, 0.15) is 11.5 Å². The maximum Gasteiger partial charge on any atom is 0.310 e. The zero-order valence-electron chi connectivity index (χ0n) is 11.2. The summed E-state index contributed by atoms with van der Waals surface area (Å²) in [5, 5.41) is 0. The first-order valence-electron chi connectivity index (χ1n) is 6.51. The lowest BCUT2D eigenvalue weighted by molar-refractivity contribution is 0.482. The predicted octanol–water partition coefficient (Wildman–Crippen LogP) is 2.45. The van der Waals surface area contributed by atoms with E-state index in [4.69, 9.17) is 4.18 Å². The van der Waals surface area contributed by atoms with E-state index in [1.165, 1.54) is 0 Å². The molecule has 0 aliphatic rings. The molecule has 0 aliphatic heterocycles. The second kappa shape index (κ2) is 5.57. The molecule has 0 bridgehead atoms. The van der Waals surface area contributed by atoms with Gasteiger partial charge in [-0.2, -0.15) is 8.42 Å². The lowest BCUT2D eigenvalue weighted by Crippen LogP contribution is -2.17. The van der Waals surface area contributed by atoms with E-state index < -0.39 is 10.1 Å². The van der Waals surface area contributed by atoms with Gasteiger partial charge in [0.05, 0.1) is 17.4 Å². The van der Waals surface area contributed by atoms with E-state index in [0.717, 1.165) is 11.0 Å². The molecule has 6 heteroatoms. The van der Waals surface area contributed by atoms with Gasteiger partial charge in [-0.25, -0.2) is 4.98 Å². The number of hydrogen-bond acceptors (Lipinski definition) is 4. The zero-order valence-corrected chi connectivity index (χ0v) is 12.0. The summed E-state index contributed by atoms with van der Waals surface area (Å²) in [6, 6.07) is 16.1. The van der Waals surface area contributed by atoms with Gasteiger partial charge in [-0.3, -0.25) is 0 Å². The van der Waals surface area contributed by atoms with Gasteiger partial charge in [-0.1, -0.05) is 30.3 Å². The first-order valence-corrected chi connectivity index (χ1v) is 8.09. The first-order chi connectivity index (χ1) is 10.1. The van der Waals surface area contributed by atoms with Crippen LogP contribution in [0.2, 0.25) is 0 Å². The molecule has 3 aromatic rings. The van der Waals surface area contributed by atoms with E-state index in [1.54, 1.807) is 41.2 Å². The summed E-state index contributed by atoms with van der Waals surface area (Å²) >= 11 is 0. The first kappa shape index (κ1) is 13.6. The third kappa shape index (κ3) is 3.22. The molecule has 0 saturated heterocycles. The standard InChI is InChI=1S/C15H14N2O3S/c18-21(19,20-13-6-2-1-3-7-13)11-10-17-12-16-14-8-4-5-9-15(14)17/h1-9,12H,10-11H2. The molecule has 2 aromatic carbocycles. The van der Waals surface area contributed by atoms with Crippen molar-refractivity contribution in [1.82, 2.24) is 9.55 Å². The molecule has 0 atom stereocenters. The summed E-state index contributed by atoms with van der Waals surface area (Å²) in [4.78, 5) is 4.23. The molecule has 21 heavy (non-hydrogen) atoms. The second-order valence-corrected chi connectivity index (χ2v) is 6.28. The van der Waals surface area contributed by atoms with Crippen molar-refractivity contribution in [2.75, 3.05) is 5.75 Å². The van der Waals surface area contributed by atoms with Crippen LogP contribution in [0.3, 0.4) is 0 Å². The van der Waals surface area contributed by atoms with Crippen molar-refractivity contribution in [3.05, 3.63) is 60.9 Å². The molecule has 0 amide bonds. The molecule has 3 rings (SSSR count). The Labute approximate surface area is 122 Å². The minimum atomic E-state index is -3.63. The molecule has 0 spiro atoms. The van der Waals surface area contributed by atoms with Crippen molar-refractivity contribution in [2.24, 2.45) is 0 Å². The topological polar surface area (TPSA) is 61.2 Å². The third-order valence-electron chi connectivity index (χ3n) is 3.08. The van der Waals surface area contributed by atoms with Gasteiger partial charge >= 0.3 is 10.1 Å². The number of imidazole rings is 1. The van der Waals surface area contributed by atoms with Crippen molar-refractivity contribution in [1.29, 1.82) is 0 Å². The Balaban J connectivity index is 1.72. The fourth-order valence-corrected chi connectivity index (χ4v) is 2.97. The van der Waals surface area contributed by atoms with Crippen LogP contribution in [0.25, 0.3) is 11.0 Å². The van der Waals surface area contributed by atoms with E-state index >= 15 is 0 Å². The molecule has 0 unspecified atom stereocenters. The number of para-hydroxylation sites is 3. The lowest BCUT2D eigenvalue weighted by atomic mass is 10.3. The maximum absolute atomic E-state index is 12.0. The van der Waals surface area contributed by atoms with Crippen LogP contribution in [0.4, 0.5) is 0 Å². The summed E-state index contributed by atoms with van der Waals surface area (Å²) in [6.45, 7) is 0.301. The van der Waals surface area contributed by atoms with E-state index in [9.17, 15) is 8.42 Å². The molecule has 0 saturated carbocycles. The zero-order chi connectivity index (χ0) is 14.7. The van der Waals surface area contributed by atoms with E-state index in [2.05, 4.69) is 4.98 Å². The van der Waals surface area contributed by atoms with Crippen LogP contribution in [0.5, 0.6) is 5.75 Å². The number of aryl methyl sites for hydroxylation is 1. The Bertz CT molecular complexity index is 841. The van der Waals surface area contributed by atoms with Gasteiger partial charge < -0.3 is 8.75 Å². The van der Waals surface area contributed by atoms with Crippen LogP contribution < -0.4 is 4.18 Å². The Hall–Kier alpha value is -2.34. The molecule has 108 valence electrons. The van der Waals surface area contributed by atoms with Gasteiger partial charge in [0, 0.05) is 6.54 Å². The highest BCUT2D eigenvalue weighted by Crippen LogP contribution is 2.14.